The zero-order chi connectivity index (χ0) is 11.3. The van der Waals surface area contributed by atoms with E-state index in [9.17, 15) is 0 Å². The molecule has 1 N–H and O–H groups in total. The fraction of sp³-hybridized carbons (Fsp3) is 0.333. The van der Waals surface area contributed by atoms with Crippen molar-refractivity contribution < 1.29 is 9.47 Å². The van der Waals surface area contributed by atoms with Gasteiger partial charge in [0.2, 0.25) is 0 Å². The molecule has 0 aliphatic carbocycles. The van der Waals surface area contributed by atoms with Gasteiger partial charge in [-0.15, -0.1) is 6.42 Å². The van der Waals surface area contributed by atoms with Crippen LogP contribution in [0.2, 0.25) is 0 Å². The molecule has 3 nitrogen and oxygen atoms in total. The fourth-order valence-electron chi connectivity index (χ4n) is 1.18. The molecule has 0 bridgehead atoms. The van der Waals surface area contributed by atoms with Crippen molar-refractivity contribution in [3.63, 3.8) is 0 Å². The number of ether oxygens (including phenoxy) is 2. The van der Waals surface area contributed by atoms with Crippen LogP contribution >= 0.6 is 0 Å². The summed E-state index contributed by atoms with van der Waals surface area (Å²) in [6, 6.07) is 5.53. The highest BCUT2D eigenvalue weighted by Gasteiger charge is 2.03. The molecule has 0 spiro atoms. The molecule has 0 saturated carbocycles. The van der Waals surface area contributed by atoms with E-state index in [1.54, 1.807) is 14.2 Å². The largest absolute Gasteiger partial charge is 0.497 e. The lowest BCUT2D eigenvalue weighted by molar-refractivity contribution is 0.394. The van der Waals surface area contributed by atoms with Gasteiger partial charge in [-0.25, -0.2) is 0 Å². The Balaban J connectivity index is 2.92. The number of hydrogen-bond donors (Lipinski definition) is 1. The third kappa shape index (κ3) is 3.10. The molecule has 1 unspecified atom stereocenters. The monoisotopic (exact) mass is 205 g/mol. The summed E-state index contributed by atoms with van der Waals surface area (Å²) in [6.45, 7) is 1.91. The molecule has 1 rings (SSSR count). The summed E-state index contributed by atoms with van der Waals surface area (Å²) in [6.07, 6.45) is 5.29. The smallest absolute Gasteiger partial charge is 0.124 e. The van der Waals surface area contributed by atoms with Gasteiger partial charge in [-0.05, 0) is 6.92 Å². The van der Waals surface area contributed by atoms with Gasteiger partial charge in [0.15, 0.2) is 0 Å². The third-order valence-corrected chi connectivity index (χ3v) is 1.98. The molecule has 3 heteroatoms. The molecule has 0 aromatic heterocycles. The van der Waals surface area contributed by atoms with E-state index in [4.69, 9.17) is 15.9 Å². The summed E-state index contributed by atoms with van der Waals surface area (Å²) < 4.78 is 10.3. The lowest BCUT2D eigenvalue weighted by Crippen LogP contribution is -2.11. The van der Waals surface area contributed by atoms with E-state index in [1.165, 1.54) is 0 Å². The Kier molecular flexibility index (Phi) is 3.87. The maximum Gasteiger partial charge on any atom is 0.124 e. The maximum absolute atomic E-state index is 5.29. The molecular formula is C12H15NO2. The lowest BCUT2D eigenvalue weighted by atomic mass is 10.2. The molecule has 0 aliphatic rings. The zero-order valence-corrected chi connectivity index (χ0v) is 9.20. The van der Waals surface area contributed by atoms with Gasteiger partial charge in [-0.1, -0.05) is 5.92 Å². The van der Waals surface area contributed by atoms with E-state index in [1.807, 2.05) is 25.1 Å². The number of methoxy groups -OCH3 is 2. The van der Waals surface area contributed by atoms with E-state index >= 15 is 0 Å². The van der Waals surface area contributed by atoms with Crippen LogP contribution in [0.4, 0.5) is 5.69 Å². The Bertz CT molecular complexity index is 346. The van der Waals surface area contributed by atoms with Crippen molar-refractivity contribution in [2.45, 2.75) is 13.0 Å². The van der Waals surface area contributed by atoms with Gasteiger partial charge in [0.05, 0.1) is 20.3 Å². The average molecular weight is 205 g/mol. The van der Waals surface area contributed by atoms with Crippen LogP contribution in [0.25, 0.3) is 0 Å². The average Bonchev–Trinajstić information content (AvgIpc) is 2.28. The molecule has 0 heterocycles. The highest BCUT2D eigenvalue weighted by atomic mass is 16.5. The van der Waals surface area contributed by atoms with Crippen molar-refractivity contribution >= 4 is 5.69 Å². The maximum atomic E-state index is 5.29. The molecular weight excluding hydrogens is 190 g/mol. The van der Waals surface area contributed by atoms with Crippen LogP contribution in [0, 0.1) is 12.3 Å². The molecule has 1 aromatic carbocycles. The van der Waals surface area contributed by atoms with Crippen molar-refractivity contribution in [3.05, 3.63) is 18.2 Å². The van der Waals surface area contributed by atoms with Crippen LogP contribution in [-0.2, 0) is 0 Å². The SMILES string of the molecule is C#CC(C)Nc1cc(OC)cc(OC)c1. The standard InChI is InChI=1S/C12H15NO2/c1-5-9(2)13-10-6-11(14-3)8-12(7-10)15-4/h1,6-9,13H,2-4H3. The molecule has 1 atom stereocenters. The molecule has 15 heavy (non-hydrogen) atoms. The minimum absolute atomic E-state index is 0.0261. The Hall–Kier alpha value is -1.82. The fourth-order valence-corrected chi connectivity index (χ4v) is 1.18. The number of rotatable bonds is 4. The summed E-state index contributed by atoms with van der Waals surface area (Å²) in [7, 11) is 3.23. The highest BCUT2D eigenvalue weighted by Crippen LogP contribution is 2.25. The Morgan fingerprint density at radius 1 is 1.20 bits per heavy atom. The van der Waals surface area contributed by atoms with Crippen molar-refractivity contribution in [3.8, 4) is 23.8 Å². The van der Waals surface area contributed by atoms with E-state index in [0.717, 1.165) is 17.2 Å². The van der Waals surface area contributed by atoms with Crippen LogP contribution in [-0.4, -0.2) is 20.3 Å². The predicted octanol–water partition coefficient (Wildman–Crippen LogP) is 2.14. The second-order valence-electron chi connectivity index (χ2n) is 3.13. The minimum Gasteiger partial charge on any atom is -0.497 e. The van der Waals surface area contributed by atoms with Gasteiger partial charge in [0.1, 0.15) is 11.5 Å². The second-order valence-corrected chi connectivity index (χ2v) is 3.13. The van der Waals surface area contributed by atoms with E-state index in [-0.39, 0.29) is 6.04 Å². The van der Waals surface area contributed by atoms with Crippen LogP contribution < -0.4 is 14.8 Å². The predicted molar refractivity (Wildman–Crippen MR) is 61.5 cm³/mol. The number of hydrogen-bond acceptors (Lipinski definition) is 3. The van der Waals surface area contributed by atoms with Gasteiger partial charge in [-0.2, -0.15) is 0 Å². The van der Waals surface area contributed by atoms with Gasteiger partial charge >= 0.3 is 0 Å². The molecule has 0 radical (unpaired) electrons. The first-order valence-electron chi connectivity index (χ1n) is 4.65. The zero-order valence-electron chi connectivity index (χ0n) is 9.20. The van der Waals surface area contributed by atoms with E-state index in [0.29, 0.717) is 0 Å². The van der Waals surface area contributed by atoms with Gasteiger partial charge in [-0.3, -0.25) is 0 Å². The van der Waals surface area contributed by atoms with Crippen molar-refractivity contribution in [2.75, 3.05) is 19.5 Å². The first kappa shape index (κ1) is 11.3. The number of terminal acetylenes is 1. The van der Waals surface area contributed by atoms with E-state index < -0.39 is 0 Å². The number of benzene rings is 1. The van der Waals surface area contributed by atoms with Gasteiger partial charge < -0.3 is 14.8 Å². The summed E-state index contributed by atoms with van der Waals surface area (Å²) in [5, 5.41) is 3.14. The normalized spacial score (nSPS) is 11.3. The first-order valence-corrected chi connectivity index (χ1v) is 4.65. The Morgan fingerprint density at radius 2 is 1.73 bits per heavy atom. The summed E-state index contributed by atoms with van der Waals surface area (Å²) in [4.78, 5) is 0. The van der Waals surface area contributed by atoms with Crippen LogP contribution in [0.5, 0.6) is 11.5 Å². The molecule has 0 fully saturated rings. The van der Waals surface area contributed by atoms with Gasteiger partial charge in [0.25, 0.3) is 0 Å². The van der Waals surface area contributed by atoms with Crippen molar-refractivity contribution in [1.82, 2.24) is 0 Å². The van der Waals surface area contributed by atoms with Crippen LogP contribution in [0.15, 0.2) is 18.2 Å². The minimum atomic E-state index is -0.0261. The summed E-state index contributed by atoms with van der Waals surface area (Å²) in [5.41, 5.74) is 0.886. The van der Waals surface area contributed by atoms with E-state index in [2.05, 4.69) is 11.2 Å². The number of nitrogens with one attached hydrogen (secondary N) is 1. The molecule has 0 aliphatic heterocycles. The second kappa shape index (κ2) is 5.16. The quantitative estimate of drug-likeness (QED) is 0.764. The van der Waals surface area contributed by atoms with Crippen LogP contribution in [0.1, 0.15) is 6.92 Å². The van der Waals surface area contributed by atoms with Crippen molar-refractivity contribution in [2.24, 2.45) is 0 Å². The molecule has 0 amide bonds. The third-order valence-electron chi connectivity index (χ3n) is 1.98. The first-order chi connectivity index (χ1) is 7.19. The lowest BCUT2D eigenvalue weighted by Gasteiger charge is -2.12. The highest BCUT2D eigenvalue weighted by molar-refractivity contribution is 5.54. The molecule has 1 aromatic rings. The van der Waals surface area contributed by atoms with Crippen molar-refractivity contribution in [1.29, 1.82) is 0 Å². The summed E-state index contributed by atoms with van der Waals surface area (Å²) >= 11 is 0. The van der Waals surface area contributed by atoms with Crippen LogP contribution in [0.3, 0.4) is 0 Å². The summed E-state index contributed by atoms with van der Waals surface area (Å²) in [5.74, 6) is 4.07. The molecule has 80 valence electrons. The Morgan fingerprint density at radius 3 is 2.13 bits per heavy atom. The topological polar surface area (TPSA) is 30.5 Å². The Labute approximate surface area is 90.4 Å². The molecule has 0 saturated heterocycles. The number of anilines is 1. The van der Waals surface area contributed by atoms with Gasteiger partial charge in [0, 0.05) is 23.9 Å².